The maximum atomic E-state index is 11.2. The Hall–Kier alpha value is -1.65. The summed E-state index contributed by atoms with van der Waals surface area (Å²) < 4.78 is 5.01. The molecule has 0 radical (unpaired) electrons. The van der Waals surface area contributed by atoms with E-state index in [1.165, 1.54) is 0 Å². The Kier molecular flexibility index (Phi) is 3.01. The number of hydrogen-bond donors (Lipinski definition) is 1. The summed E-state index contributed by atoms with van der Waals surface area (Å²) in [7, 11) is 0. The molecule has 0 atom stereocenters. The smallest absolute Gasteiger partial charge is 0.414 e. The van der Waals surface area contributed by atoms with Crippen LogP contribution in [0.2, 0.25) is 0 Å². The van der Waals surface area contributed by atoms with E-state index in [0.29, 0.717) is 0 Å². The van der Waals surface area contributed by atoms with E-state index in [2.05, 4.69) is 15.3 Å². The first-order valence-corrected chi connectivity index (χ1v) is 4.24. The van der Waals surface area contributed by atoms with Crippen molar-refractivity contribution in [1.82, 2.24) is 9.97 Å². The fourth-order valence-electron chi connectivity index (χ4n) is 0.759. The van der Waals surface area contributed by atoms with Crippen molar-refractivity contribution in [3.63, 3.8) is 0 Å². The average Bonchev–Trinajstić information content (AvgIpc) is 2.02. The Bertz CT molecular complexity index is 306. The molecule has 0 aliphatic carbocycles. The molecule has 1 N–H and O–H groups in total. The fourth-order valence-corrected chi connectivity index (χ4v) is 0.759. The van der Waals surface area contributed by atoms with Crippen molar-refractivity contribution < 1.29 is 9.53 Å². The van der Waals surface area contributed by atoms with E-state index in [-0.39, 0.29) is 5.95 Å². The number of amides is 1. The van der Waals surface area contributed by atoms with Crippen LogP contribution >= 0.6 is 0 Å². The summed E-state index contributed by atoms with van der Waals surface area (Å²) in [6, 6.07) is 1.67. The van der Waals surface area contributed by atoms with E-state index >= 15 is 0 Å². The Labute approximate surface area is 82.5 Å². The lowest BCUT2D eigenvalue weighted by atomic mass is 10.2. The number of aromatic nitrogens is 2. The van der Waals surface area contributed by atoms with Crippen molar-refractivity contribution in [3.8, 4) is 0 Å². The van der Waals surface area contributed by atoms with Crippen molar-refractivity contribution >= 4 is 12.0 Å². The molecular formula is C9H13N3O2. The SMILES string of the molecule is CC(C)(C)OC(=O)Nc1ncccn1. The van der Waals surface area contributed by atoms with Crippen LogP contribution in [0.3, 0.4) is 0 Å². The van der Waals surface area contributed by atoms with Gasteiger partial charge in [0.2, 0.25) is 5.95 Å². The van der Waals surface area contributed by atoms with Crippen LogP contribution in [0.1, 0.15) is 20.8 Å². The van der Waals surface area contributed by atoms with Gasteiger partial charge in [0.05, 0.1) is 0 Å². The molecule has 0 fully saturated rings. The third kappa shape index (κ3) is 3.84. The van der Waals surface area contributed by atoms with Gasteiger partial charge in [-0.05, 0) is 26.8 Å². The van der Waals surface area contributed by atoms with Gasteiger partial charge in [-0.1, -0.05) is 0 Å². The highest BCUT2D eigenvalue weighted by Crippen LogP contribution is 2.08. The highest BCUT2D eigenvalue weighted by molar-refractivity contribution is 5.82. The first-order chi connectivity index (χ1) is 6.47. The van der Waals surface area contributed by atoms with Crippen LogP contribution in [-0.2, 0) is 4.74 Å². The molecule has 0 saturated heterocycles. The fraction of sp³-hybridized carbons (Fsp3) is 0.444. The first-order valence-electron chi connectivity index (χ1n) is 4.24. The van der Waals surface area contributed by atoms with Crippen molar-refractivity contribution in [2.75, 3.05) is 5.32 Å². The zero-order valence-electron chi connectivity index (χ0n) is 8.44. The van der Waals surface area contributed by atoms with Crippen molar-refractivity contribution in [1.29, 1.82) is 0 Å². The summed E-state index contributed by atoms with van der Waals surface area (Å²) in [5, 5.41) is 2.42. The van der Waals surface area contributed by atoms with Crippen LogP contribution in [0.15, 0.2) is 18.5 Å². The van der Waals surface area contributed by atoms with E-state index in [1.54, 1.807) is 39.2 Å². The molecule has 14 heavy (non-hydrogen) atoms. The van der Waals surface area contributed by atoms with E-state index in [0.717, 1.165) is 0 Å². The van der Waals surface area contributed by atoms with Gasteiger partial charge < -0.3 is 4.74 Å². The molecule has 0 aromatic carbocycles. The van der Waals surface area contributed by atoms with Crippen LogP contribution in [-0.4, -0.2) is 21.7 Å². The molecule has 1 amide bonds. The summed E-state index contributed by atoms with van der Waals surface area (Å²) in [5.74, 6) is 0.238. The minimum absolute atomic E-state index is 0.238. The molecule has 0 spiro atoms. The molecule has 76 valence electrons. The van der Waals surface area contributed by atoms with Gasteiger partial charge in [0.25, 0.3) is 0 Å². The van der Waals surface area contributed by atoms with Gasteiger partial charge >= 0.3 is 6.09 Å². The lowest BCUT2D eigenvalue weighted by Gasteiger charge is -2.19. The zero-order valence-corrected chi connectivity index (χ0v) is 8.44. The second kappa shape index (κ2) is 4.04. The highest BCUT2D eigenvalue weighted by Gasteiger charge is 2.16. The van der Waals surface area contributed by atoms with Gasteiger partial charge in [0.15, 0.2) is 0 Å². The Balaban J connectivity index is 2.50. The summed E-state index contributed by atoms with van der Waals surface area (Å²) in [4.78, 5) is 18.9. The molecule has 0 saturated carbocycles. The molecule has 1 aromatic rings. The van der Waals surface area contributed by atoms with Crippen molar-refractivity contribution in [3.05, 3.63) is 18.5 Å². The molecule has 1 aromatic heterocycles. The predicted octanol–water partition coefficient (Wildman–Crippen LogP) is 1.82. The predicted molar refractivity (Wildman–Crippen MR) is 51.9 cm³/mol. The number of ether oxygens (including phenoxy) is 1. The maximum Gasteiger partial charge on any atom is 0.414 e. The van der Waals surface area contributed by atoms with Gasteiger partial charge in [0, 0.05) is 12.4 Å². The number of nitrogens with zero attached hydrogens (tertiary/aromatic N) is 2. The van der Waals surface area contributed by atoms with Gasteiger partial charge in [-0.2, -0.15) is 0 Å². The molecule has 5 nitrogen and oxygen atoms in total. The summed E-state index contributed by atoms with van der Waals surface area (Å²) >= 11 is 0. The molecule has 0 aliphatic heterocycles. The van der Waals surface area contributed by atoms with Crippen molar-refractivity contribution in [2.45, 2.75) is 26.4 Å². The molecule has 5 heteroatoms. The Morgan fingerprint density at radius 2 is 1.93 bits per heavy atom. The summed E-state index contributed by atoms with van der Waals surface area (Å²) in [6.45, 7) is 5.37. The summed E-state index contributed by atoms with van der Waals surface area (Å²) in [6.07, 6.45) is 2.53. The van der Waals surface area contributed by atoms with Gasteiger partial charge in [0.1, 0.15) is 5.60 Å². The van der Waals surface area contributed by atoms with E-state index in [1.807, 2.05) is 0 Å². The second-order valence-electron chi connectivity index (χ2n) is 3.70. The maximum absolute atomic E-state index is 11.2. The minimum atomic E-state index is -0.552. The number of rotatable bonds is 1. The van der Waals surface area contributed by atoms with E-state index in [9.17, 15) is 4.79 Å². The van der Waals surface area contributed by atoms with E-state index in [4.69, 9.17) is 4.74 Å². The molecule has 1 heterocycles. The van der Waals surface area contributed by atoms with Crippen LogP contribution in [0.4, 0.5) is 10.7 Å². The Morgan fingerprint density at radius 1 is 1.36 bits per heavy atom. The number of anilines is 1. The van der Waals surface area contributed by atoms with Gasteiger partial charge in [-0.25, -0.2) is 14.8 Å². The zero-order chi connectivity index (χ0) is 10.6. The van der Waals surface area contributed by atoms with Gasteiger partial charge in [-0.3, -0.25) is 5.32 Å². The normalized spacial score (nSPS) is 10.8. The number of carbonyl (C=O) groups excluding carboxylic acids is 1. The third-order valence-electron chi connectivity index (χ3n) is 1.18. The average molecular weight is 195 g/mol. The minimum Gasteiger partial charge on any atom is -0.444 e. The molecule has 1 rings (SSSR count). The molecule has 0 unspecified atom stereocenters. The van der Waals surface area contributed by atoms with E-state index < -0.39 is 11.7 Å². The number of nitrogens with one attached hydrogen (secondary N) is 1. The third-order valence-corrected chi connectivity index (χ3v) is 1.18. The van der Waals surface area contributed by atoms with Crippen LogP contribution in [0, 0.1) is 0 Å². The molecule has 0 aliphatic rings. The van der Waals surface area contributed by atoms with Crippen LogP contribution in [0.5, 0.6) is 0 Å². The largest absolute Gasteiger partial charge is 0.444 e. The van der Waals surface area contributed by atoms with Crippen molar-refractivity contribution in [2.24, 2.45) is 0 Å². The standard InChI is InChI=1S/C9H13N3O2/c1-9(2,3)14-8(13)12-7-10-5-4-6-11-7/h4-6H,1-3H3,(H,10,11,12,13). The van der Waals surface area contributed by atoms with Gasteiger partial charge in [-0.15, -0.1) is 0 Å². The highest BCUT2D eigenvalue weighted by atomic mass is 16.6. The number of hydrogen-bond acceptors (Lipinski definition) is 4. The summed E-state index contributed by atoms with van der Waals surface area (Å²) in [5.41, 5.74) is -0.515. The first kappa shape index (κ1) is 10.4. The quantitative estimate of drug-likeness (QED) is 0.742. The Morgan fingerprint density at radius 3 is 2.43 bits per heavy atom. The second-order valence-corrected chi connectivity index (χ2v) is 3.70. The lowest BCUT2D eigenvalue weighted by molar-refractivity contribution is 0.0634. The lowest BCUT2D eigenvalue weighted by Crippen LogP contribution is -2.27. The van der Waals surface area contributed by atoms with Crippen LogP contribution < -0.4 is 5.32 Å². The molecule has 0 bridgehead atoms. The topological polar surface area (TPSA) is 64.1 Å². The monoisotopic (exact) mass is 195 g/mol. The number of carbonyl (C=O) groups is 1. The van der Waals surface area contributed by atoms with Crippen LogP contribution in [0.25, 0.3) is 0 Å². The molecular weight excluding hydrogens is 182 g/mol.